The van der Waals surface area contributed by atoms with Gasteiger partial charge in [-0.1, -0.05) is 0 Å². The molecule has 0 aromatic carbocycles. The smallest absolute Gasteiger partial charge is 0.0860 e. The second-order valence-corrected chi connectivity index (χ2v) is 3.26. The average Bonchev–Trinajstić information content (AvgIpc) is 2.52. The number of nitrogens with zero attached hydrogens (tertiary/aromatic N) is 4. The minimum absolute atomic E-state index is 0.292. The van der Waals surface area contributed by atoms with Gasteiger partial charge in [-0.05, 0) is 6.92 Å². The van der Waals surface area contributed by atoms with Gasteiger partial charge in [-0.25, -0.2) is 0 Å². The van der Waals surface area contributed by atoms with Crippen LogP contribution in [0.25, 0.3) is 0 Å². The van der Waals surface area contributed by atoms with Gasteiger partial charge < -0.3 is 0 Å². The molecule has 0 bridgehead atoms. The Kier molecular flexibility index (Phi) is 1.96. The summed E-state index contributed by atoms with van der Waals surface area (Å²) in [6.07, 6.45) is 5.57. The number of aromatic nitrogens is 2. The van der Waals surface area contributed by atoms with E-state index in [0.717, 1.165) is 17.8 Å². The van der Waals surface area contributed by atoms with E-state index in [-0.39, 0.29) is 0 Å². The van der Waals surface area contributed by atoms with Gasteiger partial charge in [0, 0.05) is 25.0 Å². The van der Waals surface area contributed by atoms with E-state index < -0.39 is 0 Å². The molecule has 0 saturated heterocycles. The zero-order chi connectivity index (χ0) is 9.26. The van der Waals surface area contributed by atoms with Crippen molar-refractivity contribution < 1.29 is 0 Å². The molecule has 1 aliphatic heterocycles. The Balaban J connectivity index is 2.31. The molecular weight excluding hydrogens is 164 g/mol. The van der Waals surface area contributed by atoms with Crippen LogP contribution >= 0.6 is 0 Å². The molecule has 68 valence electrons. The topological polar surface area (TPSA) is 42.5 Å². The molecule has 1 aliphatic rings. The molecule has 4 heteroatoms. The summed E-state index contributed by atoms with van der Waals surface area (Å²) in [5, 5.41) is 4.09. The molecule has 4 nitrogen and oxygen atoms in total. The molecule has 0 saturated carbocycles. The lowest BCUT2D eigenvalue weighted by atomic mass is 10.2. The highest BCUT2D eigenvalue weighted by molar-refractivity contribution is 6.38. The summed E-state index contributed by atoms with van der Waals surface area (Å²) >= 11 is 0. The van der Waals surface area contributed by atoms with Gasteiger partial charge in [0.25, 0.3) is 0 Å². The Morgan fingerprint density at radius 1 is 1.54 bits per heavy atom. The molecule has 0 amide bonds. The monoisotopic (exact) mass is 176 g/mol. The molecule has 2 rings (SSSR count). The van der Waals surface area contributed by atoms with Gasteiger partial charge >= 0.3 is 0 Å². The summed E-state index contributed by atoms with van der Waals surface area (Å²) in [5.41, 5.74) is 1.98. The van der Waals surface area contributed by atoms with E-state index in [2.05, 4.69) is 22.0 Å². The second-order valence-electron chi connectivity index (χ2n) is 3.26. The van der Waals surface area contributed by atoms with Crippen molar-refractivity contribution in [1.29, 1.82) is 0 Å². The number of aliphatic imine (C=N–C) groups is 2. The van der Waals surface area contributed by atoms with Crippen LogP contribution in [0.1, 0.15) is 12.5 Å². The minimum Gasteiger partial charge on any atom is -0.289 e. The molecule has 1 atom stereocenters. The lowest BCUT2D eigenvalue weighted by Crippen LogP contribution is -2.16. The van der Waals surface area contributed by atoms with Gasteiger partial charge in [-0.15, -0.1) is 0 Å². The quantitative estimate of drug-likeness (QED) is 0.620. The molecule has 0 N–H and O–H groups in total. The van der Waals surface area contributed by atoms with Crippen LogP contribution in [0.2, 0.25) is 0 Å². The van der Waals surface area contributed by atoms with Gasteiger partial charge in [0.15, 0.2) is 0 Å². The van der Waals surface area contributed by atoms with Crippen molar-refractivity contribution in [3.63, 3.8) is 0 Å². The first-order valence-corrected chi connectivity index (χ1v) is 4.32. The molecule has 0 fully saturated rings. The average molecular weight is 176 g/mol. The third kappa shape index (κ3) is 1.66. The van der Waals surface area contributed by atoms with Crippen LogP contribution in [0.5, 0.6) is 0 Å². The fourth-order valence-corrected chi connectivity index (χ4v) is 1.31. The summed E-state index contributed by atoms with van der Waals surface area (Å²) in [6.45, 7) is 2.86. The Bertz CT molecular complexity index is 361. The normalized spacial score (nSPS) is 21.7. The van der Waals surface area contributed by atoms with Crippen LogP contribution in [0.4, 0.5) is 0 Å². The predicted molar refractivity (Wildman–Crippen MR) is 52.6 cm³/mol. The van der Waals surface area contributed by atoms with E-state index in [0.29, 0.717) is 6.04 Å². The molecule has 1 aromatic rings. The molecule has 13 heavy (non-hydrogen) atoms. The van der Waals surface area contributed by atoms with Gasteiger partial charge in [0.05, 0.1) is 24.5 Å². The zero-order valence-electron chi connectivity index (χ0n) is 7.81. The largest absolute Gasteiger partial charge is 0.289 e. The van der Waals surface area contributed by atoms with E-state index in [1.54, 1.807) is 4.68 Å². The highest BCUT2D eigenvalue weighted by atomic mass is 15.2. The highest BCUT2D eigenvalue weighted by Crippen LogP contribution is 2.04. The number of hydrogen-bond acceptors (Lipinski definition) is 3. The van der Waals surface area contributed by atoms with Gasteiger partial charge in [0.1, 0.15) is 0 Å². The molecule has 1 aromatic heterocycles. The van der Waals surface area contributed by atoms with Crippen LogP contribution in [-0.2, 0) is 7.05 Å². The van der Waals surface area contributed by atoms with Gasteiger partial charge in [0.2, 0.25) is 0 Å². The van der Waals surface area contributed by atoms with Crippen molar-refractivity contribution >= 4 is 11.9 Å². The Morgan fingerprint density at radius 2 is 2.38 bits per heavy atom. The second kappa shape index (κ2) is 3.12. The summed E-state index contributed by atoms with van der Waals surface area (Å²) in [6, 6.07) is 0.292. The molecule has 1 unspecified atom stereocenters. The zero-order valence-corrected chi connectivity index (χ0v) is 7.81. The summed E-state index contributed by atoms with van der Waals surface area (Å²) in [4.78, 5) is 8.71. The van der Waals surface area contributed by atoms with Crippen LogP contribution in [-0.4, -0.2) is 34.3 Å². The van der Waals surface area contributed by atoms with Gasteiger partial charge in [-0.2, -0.15) is 5.10 Å². The van der Waals surface area contributed by atoms with E-state index in [9.17, 15) is 0 Å². The number of rotatable bonds is 1. The molecular formula is C9H12N4. The maximum Gasteiger partial charge on any atom is 0.0860 e. The lowest BCUT2D eigenvalue weighted by molar-refractivity contribution is 0.752. The first kappa shape index (κ1) is 8.16. The van der Waals surface area contributed by atoms with Crippen LogP contribution in [0.3, 0.4) is 0 Å². The Morgan fingerprint density at radius 3 is 3.00 bits per heavy atom. The third-order valence-corrected chi connectivity index (χ3v) is 1.94. The molecule has 0 spiro atoms. The van der Waals surface area contributed by atoms with Crippen molar-refractivity contribution in [3.8, 4) is 0 Å². The number of aryl methyl sites for hydroxylation is 1. The molecule has 2 heterocycles. The Labute approximate surface area is 77.0 Å². The summed E-state index contributed by atoms with van der Waals surface area (Å²) < 4.78 is 1.77. The lowest BCUT2D eigenvalue weighted by Gasteiger charge is -2.09. The van der Waals surface area contributed by atoms with Crippen LogP contribution < -0.4 is 0 Å². The maximum atomic E-state index is 4.48. The van der Waals surface area contributed by atoms with Crippen LogP contribution in [0, 0.1) is 0 Å². The molecule has 0 radical (unpaired) electrons. The fourth-order valence-electron chi connectivity index (χ4n) is 1.31. The first-order chi connectivity index (χ1) is 6.25. The minimum atomic E-state index is 0.292. The standard InChI is InChI=1S/C9H12N4/c1-7-3-10-5-9(12-7)8-4-11-13(2)6-8/h4-7H,3H2,1-2H3. The third-order valence-electron chi connectivity index (χ3n) is 1.94. The van der Waals surface area contributed by atoms with E-state index in [1.165, 1.54) is 0 Å². The Hall–Kier alpha value is -1.45. The van der Waals surface area contributed by atoms with Crippen molar-refractivity contribution in [3.05, 3.63) is 18.0 Å². The van der Waals surface area contributed by atoms with Crippen molar-refractivity contribution in [2.24, 2.45) is 17.0 Å². The van der Waals surface area contributed by atoms with Gasteiger partial charge in [-0.3, -0.25) is 14.7 Å². The van der Waals surface area contributed by atoms with E-state index in [4.69, 9.17) is 0 Å². The predicted octanol–water partition coefficient (Wildman–Crippen LogP) is 0.682. The highest BCUT2D eigenvalue weighted by Gasteiger charge is 2.09. The van der Waals surface area contributed by atoms with E-state index in [1.807, 2.05) is 25.7 Å². The fraction of sp³-hybridized carbons (Fsp3) is 0.444. The first-order valence-electron chi connectivity index (χ1n) is 4.32. The van der Waals surface area contributed by atoms with Crippen LogP contribution in [0.15, 0.2) is 22.4 Å². The van der Waals surface area contributed by atoms with Crippen molar-refractivity contribution in [2.45, 2.75) is 13.0 Å². The summed E-state index contributed by atoms with van der Waals surface area (Å²) in [5.74, 6) is 0. The van der Waals surface area contributed by atoms with Crippen molar-refractivity contribution in [2.75, 3.05) is 6.54 Å². The SMILES string of the molecule is CC1CN=CC(c2cnn(C)c2)=N1. The maximum absolute atomic E-state index is 4.48. The molecule has 0 aliphatic carbocycles. The number of hydrogen-bond donors (Lipinski definition) is 0. The van der Waals surface area contributed by atoms with E-state index >= 15 is 0 Å². The van der Waals surface area contributed by atoms with Crippen molar-refractivity contribution in [1.82, 2.24) is 9.78 Å². The summed E-state index contributed by atoms with van der Waals surface area (Å²) in [7, 11) is 1.90.